The fourth-order valence-corrected chi connectivity index (χ4v) is 2.50. The second-order valence-corrected chi connectivity index (χ2v) is 4.89. The number of anilines is 1. The number of aromatic nitrogens is 1. The van der Waals surface area contributed by atoms with Crippen LogP contribution in [0.5, 0.6) is 0 Å². The Morgan fingerprint density at radius 3 is 3.11 bits per heavy atom. The van der Waals surface area contributed by atoms with E-state index in [9.17, 15) is 0 Å². The molecular formula is C14H23N3O. The molecule has 1 aromatic heterocycles. The van der Waals surface area contributed by atoms with Gasteiger partial charge in [0.05, 0.1) is 18.8 Å². The molecule has 1 fully saturated rings. The van der Waals surface area contributed by atoms with Crippen molar-refractivity contribution in [2.24, 2.45) is 0 Å². The molecule has 1 aliphatic rings. The molecule has 2 rings (SSSR count). The highest BCUT2D eigenvalue weighted by Crippen LogP contribution is 2.26. The minimum Gasteiger partial charge on any atom is -0.375 e. The zero-order valence-corrected chi connectivity index (χ0v) is 11.5. The number of hydrogen-bond donors (Lipinski definition) is 1. The van der Waals surface area contributed by atoms with Crippen LogP contribution in [0, 0.1) is 0 Å². The average Bonchev–Trinajstić information content (AvgIpc) is 2.40. The van der Waals surface area contributed by atoms with Crippen molar-refractivity contribution in [2.45, 2.75) is 39.0 Å². The zero-order valence-electron chi connectivity index (χ0n) is 11.5. The second kappa shape index (κ2) is 6.16. The van der Waals surface area contributed by atoms with Crippen LogP contribution in [-0.4, -0.2) is 37.3 Å². The summed E-state index contributed by atoms with van der Waals surface area (Å²) >= 11 is 0. The lowest BCUT2D eigenvalue weighted by molar-refractivity contribution is 0.0299. The first-order chi connectivity index (χ1) is 8.76. The predicted molar refractivity (Wildman–Crippen MR) is 73.8 cm³/mol. The maximum absolute atomic E-state index is 5.76. The summed E-state index contributed by atoms with van der Waals surface area (Å²) in [7, 11) is 1.97. The van der Waals surface area contributed by atoms with E-state index in [1.54, 1.807) is 0 Å². The van der Waals surface area contributed by atoms with Gasteiger partial charge in [0.25, 0.3) is 0 Å². The van der Waals surface area contributed by atoms with Crippen molar-refractivity contribution in [1.29, 1.82) is 0 Å². The van der Waals surface area contributed by atoms with Crippen LogP contribution in [-0.2, 0) is 11.3 Å². The molecule has 0 bridgehead atoms. The molecule has 18 heavy (non-hydrogen) atoms. The van der Waals surface area contributed by atoms with Gasteiger partial charge in [0, 0.05) is 36.7 Å². The van der Waals surface area contributed by atoms with Gasteiger partial charge in [-0.2, -0.15) is 0 Å². The molecule has 1 saturated heterocycles. The van der Waals surface area contributed by atoms with E-state index in [2.05, 4.69) is 35.1 Å². The summed E-state index contributed by atoms with van der Waals surface area (Å²) in [6, 6.07) is 2.59. The molecule has 4 heteroatoms. The Balaban J connectivity index is 2.26. The van der Waals surface area contributed by atoms with Gasteiger partial charge in [0.1, 0.15) is 0 Å². The van der Waals surface area contributed by atoms with Crippen LogP contribution < -0.4 is 10.2 Å². The van der Waals surface area contributed by atoms with Gasteiger partial charge in [-0.25, -0.2) is 0 Å². The molecule has 1 N–H and O–H groups in total. The van der Waals surface area contributed by atoms with Gasteiger partial charge in [-0.05, 0) is 26.5 Å². The zero-order chi connectivity index (χ0) is 13.0. The lowest BCUT2D eigenvalue weighted by Crippen LogP contribution is -2.49. The molecule has 2 atom stereocenters. The first kappa shape index (κ1) is 13.3. The lowest BCUT2D eigenvalue weighted by atomic mass is 10.1. The SMILES string of the molecule is CCC1COC(C)CN1c1ccncc1CNC. The Kier molecular flexibility index (Phi) is 4.55. The smallest absolute Gasteiger partial charge is 0.0723 e. The standard InChI is InChI=1S/C14H23N3O/c1-4-13-10-18-11(2)9-17(13)14-5-6-16-8-12(14)7-15-3/h5-6,8,11,13,15H,4,7,9-10H2,1-3H3. The third-order valence-corrected chi connectivity index (χ3v) is 3.49. The third kappa shape index (κ3) is 2.82. The molecule has 0 amide bonds. The first-order valence-electron chi connectivity index (χ1n) is 6.72. The number of rotatable bonds is 4. The summed E-state index contributed by atoms with van der Waals surface area (Å²) in [5, 5.41) is 3.21. The van der Waals surface area contributed by atoms with Gasteiger partial charge in [0.15, 0.2) is 0 Å². The van der Waals surface area contributed by atoms with Crippen molar-refractivity contribution in [2.75, 3.05) is 25.1 Å². The lowest BCUT2D eigenvalue weighted by Gasteiger charge is -2.40. The molecule has 0 saturated carbocycles. The van der Waals surface area contributed by atoms with Crippen LogP contribution in [0.4, 0.5) is 5.69 Å². The molecule has 0 spiro atoms. The maximum atomic E-state index is 5.76. The summed E-state index contributed by atoms with van der Waals surface area (Å²) in [4.78, 5) is 6.71. The van der Waals surface area contributed by atoms with Crippen molar-refractivity contribution in [3.63, 3.8) is 0 Å². The number of nitrogens with one attached hydrogen (secondary N) is 1. The molecular weight excluding hydrogens is 226 g/mol. The van der Waals surface area contributed by atoms with Crippen molar-refractivity contribution in [3.8, 4) is 0 Å². The van der Waals surface area contributed by atoms with Gasteiger partial charge in [-0.15, -0.1) is 0 Å². The van der Waals surface area contributed by atoms with Gasteiger partial charge in [0.2, 0.25) is 0 Å². The predicted octanol–water partition coefficient (Wildman–Crippen LogP) is 1.80. The van der Waals surface area contributed by atoms with E-state index in [1.807, 2.05) is 19.4 Å². The van der Waals surface area contributed by atoms with Gasteiger partial charge >= 0.3 is 0 Å². The van der Waals surface area contributed by atoms with Crippen LogP contribution in [0.15, 0.2) is 18.5 Å². The molecule has 0 radical (unpaired) electrons. The number of pyridine rings is 1. The summed E-state index contributed by atoms with van der Waals surface area (Å²) in [5.74, 6) is 0. The highest BCUT2D eigenvalue weighted by Gasteiger charge is 2.26. The molecule has 4 nitrogen and oxygen atoms in total. The molecule has 2 unspecified atom stereocenters. The quantitative estimate of drug-likeness (QED) is 0.883. The first-order valence-corrected chi connectivity index (χ1v) is 6.72. The Hall–Kier alpha value is -1.13. The van der Waals surface area contributed by atoms with Crippen molar-refractivity contribution >= 4 is 5.69 Å². The molecule has 0 aromatic carbocycles. The van der Waals surface area contributed by atoms with Crippen molar-refractivity contribution in [1.82, 2.24) is 10.3 Å². The molecule has 100 valence electrons. The van der Waals surface area contributed by atoms with Crippen LogP contribution in [0.3, 0.4) is 0 Å². The van der Waals surface area contributed by atoms with E-state index in [1.165, 1.54) is 11.3 Å². The van der Waals surface area contributed by atoms with Crippen LogP contribution >= 0.6 is 0 Å². The minimum atomic E-state index is 0.295. The van der Waals surface area contributed by atoms with E-state index >= 15 is 0 Å². The molecule has 0 aliphatic carbocycles. The van der Waals surface area contributed by atoms with Crippen LogP contribution in [0.2, 0.25) is 0 Å². The van der Waals surface area contributed by atoms with Crippen molar-refractivity contribution in [3.05, 3.63) is 24.0 Å². The van der Waals surface area contributed by atoms with Crippen LogP contribution in [0.25, 0.3) is 0 Å². The maximum Gasteiger partial charge on any atom is 0.0723 e. The fourth-order valence-electron chi connectivity index (χ4n) is 2.50. The Morgan fingerprint density at radius 2 is 2.39 bits per heavy atom. The Bertz CT molecular complexity index is 383. The monoisotopic (exact) mass is 249 g/mol. The molecule has 2 heterocycles. The van der Waals surface area contributed by atoms with Gasteiger partial charge in [-0.3, -0.25) is 4.98 Å². The summed E-state index contributed by atoms with van der Waals surface area (Å²) in [6.07, 6.45) is 5.23. The highest BCUT2D eigenvalue weighted by molar-refractivity contribution is 5.53. The second-order valence-electron chi connectivity index (χ2n) is 4.89. The Labute approximate surface area is 109 Å². The normalized spacial score (nSPS) is 24.3. The number of morpholine rings is 1. The van der Waals surface area contributed by atoms with Crippen molar-refractivity contribution < 1.29 is 4.74 Å². The minimum absolute atomic E-state index is 0.295. The summed E-state index contributed by atoms with van der Waals surface area (Å²) < 4.78 is 5.76. The van der Waals surface area contributed by atoms with E-state index < -0.39 is 0 Å². The van der Waals surface area contributed by atoms with Crippen LogP contribution in [0.1, 0.15) is 25.8 Å². The fraction of sp³-hybridized carbons (Fsp3) is 0.643. The van der Waals surface area contributed by atoms with E-state index in [0.717, 1.165) is 26.1 Å². The highest BCUT2D eigenvalue weighted by atomic mass is 16.5. The Morgan fingerprint density at radius 1 is 1.56 bits per heavy atom. The van der Waals surface area contributed by atoms with E-state index in [-0.39, 0.29) is 0 Å². The van der Waals surface area contributed by atoms with E-state index in [4.69, 9.17) is 4.74 Å². The third-order valence-electron chi connectivity index (χ3n) is 3.49. The van der Waals surface area contributed by atoms with Gasteiger partial charge in [-0.1, -0.05) is 6.92 Å². The number of nitrogens with zero attached hydrogens (tertiary/aromatic N) is 2. The molecule has 1 aliphatic heterocycles. The number of ether oxygens (including phenoxy) is 1. The largest absolute Gasteiger partial charge is 0.375 e. The average molecular weight is 249 g/mol. The topological polar surface area (TPSA) is 37.4 Å². The molecule has 1 aromatic rings. The summed E-state index contributed by atoms with van der Waals surface area (Å²) in [5.41, 5.74) is 2.55. The van der Waals surface area contributed by atoms with Gasteiger partial charge < -0.3 is 15.0 Å². The number of hydrogen-bond acceptors (Lipinski definition) is 4. The van der Waals surface area contributed by atoms with E-state index in [0.29, 0.717) is 12.1 Å². The summed E-state index contributed by atoms with van der Waals surface area (Å²) in [6.45, 7) is 6.98.